The summed E-state index contributed by atoms with van der Waals surface area (Å²) < 4.78 is 1.83. The van der Waals surface area contributed by atoms with Gasteiger partial charge in [0.25, 0.3) is 0 Å². The lowest BCUT2D eigenvalue weighted by Crippen LogP contribution is -2.27. The van der Waals surface area contributed by atoms with Crippen molar-refractivity contribution in [3.05, 3.63) is 17.5 Å². The van der Waals surface area contributed by atoms with Gasteiger partial charge in [0, 0.05) is 37.7 Å². The van der Waals surface area contributed by atoms with Crippen LogP contribution in [0.3, 0.4) is 0 Å². The Morgan fingerprint density at radius 1 is 1.56 bits per heavy atom. The maximum absolute atomic E-state index is 11.7. The molecular formula is C11H18N4O. The monoisotopic (exact) mass is 222 g/mol. The Hall–Kier alpha value is -1.36. The molecule has 2 atom stereocenters. The van der Waals surface area contributed by atoms with Gasteiger partial charge in [0.1, 0.15) is 0 Å². The number of nitrogens with two attached hydrogens (primary N) is 1. The van der Waals surface area contributed by atoms with E-state index in [4.69, 9.17) is 5.73 Å². The number of nitrogens with zero attached hydrogens (tertiary/aromatic N) is 3. The van der Waals surface area contributed by atoms with Crippen molar-refractivity contribution in [3.8, 4) is 0 Å². The molecule has 5 nitrogen and oxygen atoms in total. The lowest BCUT2D eigenvalue weighted by atomic mass is 9.94. The number of likely N-dealkylation sites (tertiary alicyclic amines) is 1. The fourth-order valence-electron chi connectivity index (χ4n) is 2.43. The fraction of sp³-hybridized carbons (Fsp3) is 0.636. The maximum Gasteiger partial charge on any atom is 0.223 e. The summed E-state index contributed by atoms with van der Waals surface area (Å²) in [7, 11) is 3.75. The molecule has 0 saturated carbocycles. The Morgan fingerprint density at radius 2 is 2.25 bits per heavy atom. The molecule has 2 rings (SSSR count). The van der Waals surface area contributed by atoms with E-state index in [1.807, 2.05) is 31.9 Å². The molecule has 0 spiro atoms. The summed E-state index contributed by atoms with van der Waals surface area (Å²) in [6.07, 6.45) is 2.39. The van der Waals surface area contributed by atoms with Crippen LogP contribution in [0.1, 0.15) is 23.7 Å². The van der Waals surface area contributed by atoms with E-state index in [9.17, 15) is 4.79 Å². The van der Waals surface area contributed by atoms with E-state index in [0.29, 0.717) is 13.0 Å². The number of hydrogen-bond donors (Lipinski definition) is 1. The zero-order valence-electron chi connectivity index (χ0n) is 9.97. The van der Waals surface area contributed by atoms with Crippen LogP contribution in [0.25, 0.3) is 0 Å². The van der Waals surface area contributed by atoms with Crippen LogP contribution in [0.4, 0.5) is 0 Å². The van der Waals surface area contributed by atoms with Crippen LogP contribution < -0.4 is 5.73 Å². The third-order valence-corrected chi connectivity index (χ3v) is 3.59. The molecule has 5 heteroatoms. The molecule has 0 bridgehead atoms. The second-order valence-electron chi connectivity index (χ2n) is 4.46. The predicted molar refractivity (Wildman–Crippen MR) is 60.6 cm³/mol. The van der Waals surface area contributed by atoms with Crippen LogP contribution in [0.2, 0.25) is 0 Å². The summed E-state index contributed by atoms with van der Waals surface area (Å²) in [4.78, 5) is 13.5. The Bertz CT molecular complexity index is 412. The smallest absolute Gasteiger partial charge is 0.223 e. The third-order valence-electron chi connectivity index (χ3n) is 3.59. The summed E-state index contributed by atoms with van der Waals surface area (Å²) in [6.45, 7) is 2.56. The minimum absolute atomic E-state index is 0.0891. The zero-order valence-corrected chi connectivity index (χ0v) is 9.97. The van der Waals surface area contributed by atoms with Crippen molar-refractivity contribution in [1.82, 2.24) is 14.7 Å². The van der Waals surface area contributed by atoms with Crippen LogP contribution in [0, 0.1) is 12.8 Å². The highest BCUT2D eigenvalue weighted by Crippen LogP contribution is 2.37. The molecule has 0 aliphatic carbocycles. The van der Waals surface area contributed by atoms with Gasteiger partial charge < -0.3 is 10.6 Å². The average molecular weight is 222 g/mol. The summed E-state index contributed by atoms with van der Waals surface area (Å²) in [5, 5.41) is 4.23. The van der Waals surface area contributed by atoms with Crippen molar-refractivity contribution < 1.29 is 4.79 Å². The standard InChI is InChI=1S/C11H18N4O/c1-7-9(6-13-15(7)3)11-8(5-12)4-10(16)14(11)2/h6,8,11H,4-5,12H2,1-3H3/t8-,11-/m0/s1. The van der Waals surface area contributed by atoms with Gasteiger partial charge in [-0.1, -0.05) is 0 Å². The van der Waals surface area contributed by atoms with E-state index in [1.54, 1.807) is 4.90 Å². The van der Waals surface area contributed by atoms with Gasteiger partial charge in [-0.25, -0.2) is 0 Å². The van der Waals surface area contributed by atoms with E-state index in [0.717, 1.165) is 11.3 Å². The topological polar surface area (TPSA) is 64.2 Å². The van der Waals surface area contributed by atoms with E-state index in [-0.39, 0.29) is 17.9 Å². The number of hydrogen-bond acceptors (Lipinski definition) is 3. The zero-order chi connectivity index (χ0) is 11.9. The Morgan fingerprint density at radius 3 is 2.75 bits per heavy atom. The normalized spacial score (nSPS) is 25.5. The largest absolute Gasteiger partial charge is 0.338 e. The van der Waals surface area contributed by atoms with Gasteiger partial charge >= 0.3 is 0 Å². The maximum atomic E-state index is 11.7. The van der Waals surface area contributed by atoms with E-state index >= 15 is 0 Å². The van der Waals surface area contributed by atoms with Crippen molar-refractivity contribution in [2.24, 2.45) is 18.7 Å². The molecule has 1 fully saturated rings. The van der Waals surface area contributed by atoms with E-state index in [2.05, 4.69) is 5.10 Å². The molecule has 1 saturated heterocycles. The summed E-state index contributed by atoms with van der Waals surface area (Å²) in [5.74, 6) is 0.379. The van der Waals surface area contributed by atoms with Crippen LogP contribution in [-0.2, 0) is 11.8 Å². The first-order valence-corrected chi connectivity index (χ1v) is 5.50. The summed E-state index contributed by atoms with van der Waals surface area (Å²) >= 11 is 0. The predicted octanol–water partition coefficient (Wildman–Crippen LogP) is 0.207. The number of carbonyl (C=O) groups excluding carboxylic acids is 1. The highest BCUT2D eigenvalue weighted by molar-refractivity contribution is 5.79. The van der Waals surface area contributed by atoms with Crippen molar-refractivity contribution >= 4 is 5.91 Å². The molecule has 1 amide bonds. The summed E-state index contributed by atoms with van der Waals surface area (Å²) in [5.41, 5.74) is 7.96. The highest BCUT2D eigenvalue weighted by atomic mass is 16.2. The van der Waals surface area contributed by atoms with Crippen molar-refractivity contribution in [1.29, 1.82) is 0 Å². The van der Waals surface area contributed by atoms with Crippen LogP contribution >= 0.6 is 0 Å². The number of aryl methyl sites for hydroxylation is 1. The van der Waals surface area contributed by atoms with Crippen molar-refractivity contribution in [2.45, 2.75) is 19.4 Å². The van der Waals surface area contributed by atoms with Gasteiger partial charge in [0.2, 0.25) is 5.91 Å². The molecule has 2 N–H and O–H groups in total. The molecule has 0 unspecified atom stereocenters. The average Bonchev–Trinajstić information content (AvgIpc) is 2.72. The molecule has 0 aromatic carbocycles. The molecule has 1 aromatic rings. The lowest BCUT2D eigenvalue weighted by Gasteiger charge is -2.24. The van der Waals surface area contributed by atoms with E-state index in [1.165, 1.54) is 0 Å². The van der Waals surface area contributed by atoms with Crippen LogP contribution in [0.15, 0.2) is 6.20 Å². The van der Waals surface area contributed by atoms with Gasteiger partial charge in [-0.05, 0) is 13.5 Å². The first kappa shape index (κ1) is 11.1. The molecule has 88 valence electrons. The Kier molecular flexibility index (Phi) is 2.71. The quantitative estimate of drug-likeness (QED) is 0.777. The van der Waals surface area contributed by atoms with Crippen LogP contribution in [0.5, 0.6) is 0 Å². The minimum Gasteiger partial charge on any atom is -0.338 e. The molecular weight excluding hydrogens is 204 g/mol. The first-order valence-electron chi connectivity index (χ1n) is 5.50. The SMILES string of the molecule is Cc1c([C@@H]2[C@H](CN)CC(=O)N2C)cnn1C. The second kappa shape index (κ2) is 3.90. The van der Waals surface area contributed by atoms with Gasteiger partial charge in [0.15, 0.2) is 0 Å². The van der Waals surface area contributed by atoms with Gasteiger partial charge in [-0.3, -0.25) is 9.48 Å². The second-order valence-corrected chi connectivity index (χ2v) is 4.46. The van der Waals surface area contributed by atoms with Gasteiger partial charge in [0.05, 0.1) is 12.2 Å². The van der Waals surface area contributed by atoms with Crippen LogP contribution in [-0.4, -0.2) is 34.2 Å². The van der Waals surface area contributed by atoms with Crippen molar-refractivity contribution in [3.63, 3.8) is 0 Å². The Balaban J connectivity index is 2.38. The van der Waals surface area contributed by atoms with E-state index < -0.39 is 0 Å². The van der Waals surface area contributed by atoms with Crippen molar-refractivity contribution in [2.75, 3.05) is 13.6 Å². The fourth-order valence-corrected chi connectivity index (χ4v) is 2.43. The molecule has 1 aliphatic heterocycles. The molecule has 1 aromatic heterocycles. The Labute approximate surface area is 95.2 Å². The molecule has 2 heterocycles. The number of carbonyl (C=O) groups is 1. The third kappa shape index (κ3) is 1.51. The first-order chi connectivity index (χ1) is 7.56. The molecule has 0 radical (unpaired) electrons. The molecule has 16 heavy (non-hydrogen) atoms. The molecule has 1 aliphatic rings. The minimum atomic E-state index is 0.0891. The number of rotatable bonds is 2. The number of amides is 1. The summed E-state index contributed by atoms with van der Waals surface area (Å²) in [6, 6.07) is 0.0891. The number of aromatic nitrogens is 2. The van der Waals surface area contributed by atoms with Gasteiger partial charge in [-0.15, -0.1) is 0 Å². The lowest BCUT2D eigenvalue weighted by molar-refractivity contribution is -0.127. The highest BCUT2D eigenvalue weighted by Gasteiger charge is 2.38. The van der Waals surface area contributed by atoms with Gasteiger partial charge in [-0.2, -0.15) is 5.10 Å².